The highest BCUT2D eigenvalue weighted by Gasteiger charge is 2.40. The van der Waals surface area contributed by atoms with Crippen molar-refractivity contribution in [2.45, 2.75) is 109 Å². The molecule has 2 aromatic heterocycles. The molecule has 5 amide bonds. The number of hydrogen-bond donors (Lipinski definition) is 2. The van der Waals surface area contributed by atoms with Crippen molar-refractivity contribution in [3.63, 3.8) is 0 Å². The van der Waals surface area contributed by atoms with Gasteiger partial charge in [0.2, 0.25) is 5.91 Å². The first-order chi connectivity index (χ1) is 28.3. The third-order valence-electron chi connectivity index (χ3n) is 13.7. The van der Waals surface area contributed by atoms with Crippen molar-refractivity contribution in [1.82, 2.24) is 29.9 Å². The van der Waals surface area contributed by atoms with Crippen LogP contribution >= 0.6 is 11.6 Å². The second-order valence-corrected chi connectivity index (χ2v) is 18.3. The standard InChI is InChI=1S/C46H57ClN8O4/c1-29(2)36-26-39-33(24-40(36)49-43(57)38-7-5-6-30(3)48-38)28-55(51-39)35-11-8-31(9-12-35)27-52(4)34-14-17-46(18-15-34)19-22-53(23-20-46)44(58)32-10-13-37(47)41(25-32)54-21-16-42(56)50-45(54)59/h5-7,10,13,24-26,28-29,31,34-35H,8-9,11-12,14-23,27H2,1-4H3,(H,49,57)(H,50,56,59). The lowest BCUT2D eigenvalue weighted by Gasteiger charge is -2.47. The Bertz CT molecular complexity index is 2230. The number of imide groups is 1. The number of rotatable bonds is 9. The number of likely N-dealkylation sites (tertiary alicyclic amines) is 1. The SMILES string of the molecule is Cc1cccc(C(=O)Nc2cc3cn(C4CCC(CN(C)C5CCC6(CC5)CCN(C(=O)c5ccc(Cl)c(N7CCC(=O)NC7=O)c5)CC6)CC4)nc3cc2C(C)C)n1. The van der Waals surface area contributed by atoms with E-state index >= 15 is 0 Å². The van der Waals surface area contributed by atoms with Gasteiger partial charge in [0.05, 0.1) is 22.3 Å². The number of aryl methyl sites for hydroxylation is 1. The summed E-state index contributed by atoms with van der Waals surface area (Å²) in [5.74, 6) is 0.349. The van der Waals surface area contributed by atoms with Crippen LogP contribution < -0.4 is 15.5 Å². The largest absolute Gasteiger partial charge is 0.339 e. The number of piperidine rings is 1. The van der Waals surface area contributed by atoms with E-state index in [1.165, 1.54) is 43.4 Å². The summed E-state index contributed by atoms with van der Waals surface area (Å²) in [7, 11) is 2.32. The maximum Gasteiger partial charge on any atom is 0.328 e. The van der Waals surface area contributed by atoms with Crippen molar-refractivity contribution in [3.05, 3.63) is 82.3 Å². The van der Waals surface area contributed by atoms with Crippen molar-refractivity contribution in [2.24, 2.45) is 11.3 Å². The molecule has 2 saturated heterocycles. The van der Waals surface area contributed by atoms with Crippen LogP contribution in [-0.4, -0.2) is 87.6 Å². The number of aromatic nitrogens is 3. The Hall–Kier alpha value is -4.81. The van der Waals surface area contributed by atoms with Crippen molar-refractivity contribution >= 4 is 57.6 Å². The maximum absolute atomic E-state index is 13.6. The zero-order chi connectivity index (χ0) is 41.4. The van der Waals surface area contributed by atoms with Gasteiger partial charge in [-0.3, -0.25) is 29.3 Å². The lowest BCUT2D eigenvalue weighted by atomic mass is 9.66. The molecule has 4 aromatic rings. The topological polar surface area (TPSA) is 133 Å². The zero-order valence-electron chi connectivity index (χ0n) is 34.8. The van der Waals surface area contributed by atoms with Crippen LogP contribution in [0.4, 0.5) is 16.2 Å². The third-order valence-corrected chi connectivity index (χ3v) is 14.0. The Balaban J connectivity index is 0.806. The number of nitrogens with one attached hydrogen (secondary N) is 2. The minimum Gasteiger partial charge on any atom is -0.339 e. The molecule has 2 aliphatic heterocycles. The average molecular weight is 821 g/mol. The van der Waals surface area contributed by atoms with Crippen LogP contribution in [-0.2, 0) is 4.79 Å². The van der Waals surface area contributed by atoms with Crippen molar-refractivity contribution in [2.75, 3.05) is 43.4 Å². The number of fused-ring (bicyclic) bond motifs is 1. The van der Waals surface area contributed by atoms with Crippen LogP contribution in [0.2, 0.25) is 5.02 Å². The molecule has 4 fully saturated rings. The minimum atomic E-state index is -0.515. The molecule has 4 heterocycles. The Kier molecular flexibility index (Phi) is 11.8. The van der Waals surface area contributed by atoms with E-state index in [4.69, 9.17) is 16.7 Å². The highest BCUT2D eigenvalue weighted by molar-refractivity contribution is 6.34. The van der Waals surface area contributed by atoms with Gasteiger partial charge < -0.3 is 15.1 Å². The van der Waals surface area contributed by atoms with Crippen LogP contribution in [0.3, 0.4) is 0 Å². The summed E-state index contributed by atoms with van der Waals surface area (Å²) in [6, 6.07) is 15.2. The predicted octanol–water partition coefficient (Wildman–Crippen LogP) is 8.74. The Morgan fingerprint density at radius 2 is 1.71 bits per heavy atom. The second kappa shape index (κ2) is 17.0. The van der Waals surface area contributed by atoms with Crippen LogP contribution in [0.15, 0.2) is 54.7 Å². The number of nitrogens with zero attached hydrogens (tertiary/aromatic N) is 6. The first-order valence-corrected chi connectivity index (χ1v) is 21.9. The third kappa shape index (κ3) is 8.89. The minimum absolute atomic E-state index is 0.0397. The van der Waals surface area contributed by atoms with E-state index in [9.17, 15) is 19.2 Å². The Labute approximate surface area is 352 Å². The molecule has 2 aromatic carbocycles. The van der Waals surface area contributed by atoms with Crippen LogP contribution in [0, 0.1) is 18.3 Å². The number of amides is 5. The van der Waals surface area contributed by atoms with Gasteiger partial charge in [0.1, 0.15) is 5.69 Å². The molecular weight excluding hydrogens is 764 g/mol. The van der Waals surface area contributed by atoms with Gasteiger partial charge in [-0.05, 0) is 143 Å². The lowest BCUT2D eigenvalue weighted by Crippen LogP contribution is -2.49. The molecule has 1 spiro atoms. The molecule has 2 saturated carbocycles. The highest BCUT2D eigenvalue weighted by Crippen LogP contribution is 2.46. The van der Waals surface area contributed by atoms with Gasteiger partial charge in [-0.25, -0.2) is 9.78 Å². The second-order valence-electron chi connectivity index (χ2n) is 17.9. The van der Waals surface area contributed by atoms with Gasteiger partial charge in [-0.2, -0.15) is 5.10 Å². The molecule has 0 bridgehead atoms. The van der Waals surface area contributed by atoms with Crippen LogP contribution in [0.5, 0.6) is 0 Å². The van der Waals surface area contributed by atoms with Gasteiger partial charge in [-0.15, -0.1) is 0 Å². The van der Waals surface area contributed by atoms with Crippen molar-refractivity contribution in [3.8, 4) is 0 Å². The normalized spacial score (nSPS) is 21.4. The highest BCUT2D eigenvalue weighted by atomic mass is 35.5. The summed E-state index contributed by atoms with van der Waals surface area (Å²) in [4.78, 5) is 61.3. The van der Waals surface area contributed by atoms with E-state index in [1.807, 2.05) is 24.0 Å². The zero-order valence-corrected chi connectivity index (χ0v) is 35.6. The molecule has 12 nitrogen and oxygen atoms in total. The molecule has 59 heavy (non-hydrogen) atoms. The first kappa shape index (κ1) is 40.9. The summed E-state index contributed by atoms with van der Waals surface area (Å²) in [6.45, 7) is 8.99. The van der Waals surface area contributed by atoms with Gasteiger partial charge in [0, 0.05) is 67.2 Å². The summed E-state index contributed by atoms with van der Waals surface area (Å²) in [5.41, 5.74) is 5.34. The Morgan fingerprint density at radius 3 is 2.41 bits per heavy atom. The predicted molar refractivity (Wildman–Crippen MR) is 231 cm³/mol. The molecule has 0 unspecified atom stereocenters. The summed E-state index contributed by atoms with van der Waals surface area (Å²) >= 11 is 6.44. The smallest absolute Gasteiger partial charge is 0.328 e. The van der Waals surface area contributed by atoms with E-state index in [1.54, 1.807) is 24.3 Å². The molecule has 13 heteroatoms. The summed E-state index contributed by atoms with van der Waals surface area (Å²) in [5, 5.41) is 11.9. The Morgan fingerprint density at radius 1 is 0.966 bits per heavy atom. The van der Waals surface area contributed by atoms with Gasteiger partial charge in [0.15, 0.2) is 0 Å². The fourth-order valence-electron chi connectivity index (χ4n) is 10.1. The number of anilines is 2. The quantitative estimate of drug-likeness (QED) is 0.173. The fraction of sp³-hybridized carbons (Fsp3) is 0.522. The number of carbonyl (C=O) groups is 4. The van der Waals surface area contributed by atoms with Gasteiger partial charge >= 0.3 is 6.03 Å². The van der Waals surface area contributed by atoms with E-state index in [0.29, 0.717) is 45.4 Å². The number of urea groups is 1. The molecule has 2 aliphatic carbocycles. The molecule has 2 N–H and O–H groups in total. The molecule has 0 atom stereocenters. The molecular formula is C46H57ClN8O4. The molecule has 4 aliphatic rings. The van der Waals surface area contributed by atoms with E-state index in [0.717, 1.165) is 73.2 Å². The fourth-order valence-corrected chi connectivity index (χ4v) is 10.3. The van der Waals surface area contributed by atoms with Gasteiger partial charge in [-0.1, -0.05) is 31.5 Å². The number of pyridine rings is 1. The van der Waals surface area contributed by atoms with E-state index in [-0.39, 0.29) is 36.6 Å². The molecule has 312 valence electrons. The average Bonchev–Trinajstić information content (AvgIpc) is 3.64. The summed E-state index contributed by atoms with van der Waals surface area (Å²) in [6.07, 6.45) is 13.8. The maximum atomic E-state index is 13.6. The number of carbonyl (C=O) groups excluding carboxylic acids is 4. The molecule has 8 rings (SSSR count). The number of hydrogen-bond acceptors (Lipinski definition) is 7. The van der Waals surface area contributed by atoms with Crippen molar-refractivity contribution in [1.29, 1.82) is 0 Å². The molecule has 0 radical (unpaired) electrons. The number of halogens is 1. The van der Waals surface area contributed by atoms with Crippen LogP contribution in [0.25, 0.3) is 10.9 Å². The van der Waals surface area contributed by atoms with E-state index < -0.39 is 6.03 Å². The first-order valence-electron chi connectivity index (χ1n) is 21.5. The van der Waals surface area contributed by atoms with Crippen LogP contribution in [0.1, 0.15) is 129 Å². The number of benzene rings is 2. The van der Waals surface area contributed by atoms with E-state index in [2.05, 4.69) is 64.4 Å². The summed E-state index contributed by atoms with van der Waals surface area (Å²) < 4.78 is 2.17. The lowest BCUT2D eigenvalue weighted by molar-refractivity contribution is -0.120. The van der Waals surface area contributed by atoms with Gasteiger partial charge in [0.25, 0.3) is 11.8 Å². The van der Waals surface area contributed by atoms with Crippen molar-refractivity contribution < 1.29 is 19.2 Å². The monoisotopic (exact) mass is 820 g/mol.